The minimum absolute atomic E-state index is 0.107. The van der Waals surface area contributed by atoms with Gasteiger partial charge in [-0.25, -0.2) is 4.39 Å². The largest absolute Gasteiger partial charge is 0.307 e. The van der Waals surface area contributed by atoms with Crippen LogP contribution in [0.2, 0.25) is 0 Å². The van der Waals surface area contributed by atoms with Crippen molar-refractivity contribution >= 4 is 0 Å². The predicted octanol–water partition coefficient (Wildman–Crippen LogP) is 3.02. The van der Waals surface area contributed by atoms with Gasteiger partial charge in [-0.15, -0.1) is 0 Å². The lowest BCUT2D eigenvalue weighted by Crippen LogP contribution is -2.19. The zero-order valence-corrected chi connectivity index (χ0v) is 9.89. The van der Waals surface area contributed by atoms with Crippen LogP contribution >= 0.6 is 0 Å². The molecule has 0 heterocycles. The van der Waals surface area contributed by atoms with E-state index in [-0.39, 0.29) is 5.82 Å². The maximum absolute atomic E-state index is 13.0. The highest BCUT2D eigenvalue weighted by atomic mass is 19.1. The molecule has 0 aromatic heterocycles. The summed E-state index contributed by atoms with van der Waals surface area (Å²) in [5.41, 5.74) is 1.98. The van der Waals surface area contributed by atoms with Gasteiger partial charge in [0, 0.05) is 0 Å². The highest BCUT2D eigenvalue weighted by Crippen LogP contribution is 2.10. The predicted molar refractivity (Wildman–Crippen MR) is 62.6 cm³/mol. The van der Waals surface area contributed by atoms with Gasteiger partial charge >= 0.3 is 0 Å². The van der Waals surface area contributed by atoms with Gasteiger partial charge < -0.3 is 4.90 Å². The first-order valence-corrected chi connectivity index (χ1v) is 5.57. The Morgan fingerprint density at radius 3 is 2.67 bits per heavy atom. The van der Waals surface area contributed by atoms with E-state index in [0.717, 1.165) is 31.5 Å². The summed E-state index contributed by atoms with van der Waals surface area (Å²) in [7, 11) is 2.12. The van der Waals surface area contributed by atoms with Gasteiger partial charge in [-0.3, -0.25) is 0 Å². The average Bonchev–Trinajstić information content (AvgIpc) is 2.23. The molecule has 0 radical (unpaired) electrons. The molecule has 1 rings (SSSR count). The molecule has 0 fully saturated rings. The van der Waals surface area contributed by atoms with Gasteiger partial charge in [-0.05, 0) is 57.1 Å². The molecule has 0 saturated carbocycles. The Morgan fingerprint density at radius 2 is 2.07 bits per heavy atom. The van der Waals surface area contributed by atoms with Crippen molar-refractivity contribution in [2.45, 2.75) is 26.7 Å². The summed E-state index contributed by atoms with van der Waals surface area (Å²) >= 11 is 0. The fourth-order valence-corrected chi connectivity index (χ4v) is 1.57. The summed E-state index contributed by atoms with van der Waals surface area (Å²) in [6, 6.07) is 5.39. The first kappa shape index (κ1) is 12.2. The Balaban J connectivity index is 2.41. The van der Waals surface area contributed by atoms with Gasteiger partial charge in [0.05, 0.1) is 0 Å². The third-order valence-corrected chi connectivity index (χ3v) is 2.77. The summed E-state index contributed by atoms with van der Waals surface area (Å²) in [5.74, 6) is -0.107. The summed E-state index contributed by atoms with van der Waals surface area (Å²) in [6.45, 7) is 6.16. The second-order valence-electron chi connectivity index (χ2n) is 4.08. The molecule has 0 unspecified atom stereocenters. The summed E-state index contributed by atoms with van der Waals surface area (Å²) < 4.78 is 13.0. The van der Waals surface area contributed by atoms with Crippen LogP contribution in [0.4, 0.5) is 4.39 Å². The minimum atomic E-state index is -0.107. The molecule has 0 atom stereocenters. The van der Waals surface area contributed by atoms with E-state index in [2.05, 4.69) is 18.9 Å². The molecule has 0 aliphatic heterocycles. The van der Waals surface area contributed by atoms with Crippen molar-refractivity contribution in [3.05, 3.63) is 35.1 Å². The van der Waals surface area contributed by atoms with Crippen molar-refractivity contribution in [2.75, 3.05) is 20.1 Å². The number of halogens is 1. The van der Waals surface area contributed by atoms with Crippen LogP contribution in [0, 0.1) is 12.7 Å². The molecule has 84 valence electrons. The Bertz CT molecular complexity index is 309. The van der Waals surface area contributed by atoms with E-state index < -0.39 is 0 Å². The number of rotatable bonds is 5. The van der Waals surface area contributed by atoms with E-state index in [1.165, 1.54) is 5.56 Å². The molecule has 15 heavy (non-hydrogen) atoms. The summed E-state index contributed by atoms with van der Waals surface area (Å²) in [4.78, 5) is 2.29. The maximum Gasteiger partial charge on any atom is 0.126 e. The van der Waals surface area contributed by atoms with Crippen molar-refractivity contribution in [2.24, 2.45) is 0 Å². The molecular formula is C13H20FN. The highest BCUT2D eigenvalue weighted by Gasteiger charge is 2.00. The summed E-state index contributed by atoms with van der Waals surface area (Å²) in [5, 5.41) is 0. The molecule has 1 nitrogen and oxygen atoms in total. The zero-order chi connectivity index (χ0) is 11.3. The van der Waals surface area contributed by atoms with Crippen molar-refractivity contribution in [1.82, 2.24) is 4.90 Å². The van der Waals surface area contributed by atoms with Crippen LogP contribution in [-0.4, -0.2) is 25.0 Å². The first-order chi connectivity index (χ1) is 7.13. The van der Waals surface area contributed by atoms with Gasteiger partial charge in [-0.2, -0.15) is 0 Å². The summed E-state index contributed by atoms with van der Waals surface area (Å²) in [6.07, 6.45) is 2.17. The lowest BCUT2D eigenvalue weighted by molar-refractivity contribution is 0.347. The topological polar surface area (TPSA) is 3.24 Å². The molecule has 1 aromatic carbocycles. The molecule has 1 aromatic rings. The molecular weight excluding hydrogens is 189 g/mol. The first-order valence-electron chi connectivity index (χ1n) is 5.57. The lowest BCUT2D eigenvalue weighted by atomic mass is 10.1. The number of aryl methyl sites for hydroxylation is 2. The fourth-order valence-electron chi connectivity index (χ4n) is 1.57. The molecule has 0 amide bonds. The smallest absolute Gasteiger partial charge is 0.126 e. The molecule has 0 aliphatic carbocycles. The minimum Gasteiger partial charge on any atom is -0.307 e. The lowest BCUT2D eigenvalue weighted by Gasteiger charge is -2.13. The van der Waals surface area contributed by atoms with E-state index in [9.17, 15) is 4.39 Å². The van der Waals surface area contributed by atoms with Gasteiger partial charge in [0.1, 0.15) is 5.82 Å². The second kappa shape index (κ2) is 5.86. The normalized spacial score (nSPS) is 11.0. The van der Waals surface area contributed by atoms with Crippen molar-refractivity contribution in [1.29, 1.82) is 0 Å². The number of benzene rings is 1. The van der Waals surface area contributed by atoms with Crippen molar-refractivity contribution in [3.8, 4) is 0 Å². The van der Waals surface area contributed by atoms with Gasteiger partial charge in [0.15, 0.2) is 0 Å². The van der Waals surface area contributed by atoms with E-state index in [0.29, 0.717) is 0 Å². The van der Waals surface area contributed by atoms with Crippen LogP contribution in [0.5, 0.6) is 0 Å². The Labute approximate surface area is 91.9 Å². The van der Waals surface area contributed by atoms with E-state index in [4.69, 9.17) is 0 Å². The quantitative estimate of drug-likeness (QED) is 0.720. The zero-order valence-electron chi connectivity index (χ0n) is 9.89. The average molecular weight is 209 g/mol. The number of nitrogens with zero attached hydrogens (tertiary/aromatic N) is 1. The van der Waals surface area contributed by atoms with Crippen molar-refractivity contribution < 1.29 is 4.39 Å². The van der Waals surface area contributed by atoms with Crippen LogP contribution in [-0.2, 0) is 6.42 Å². The molecule has 2 heteroatoms. The standard InChI is InChI=1S/C13H20FN/c1-4-15(3)9-5-6-12-7-8-13(14)11(2)10-12/h7-8,10H,4-6,9H2,1-3H3. The van der Waals surface area contributed by atoms with E-state index in [1.54, 1.807) is 6.07 Å². The third kappa shape index (κ3) is 4.00. The van der Waals surface area contributed by atoms with Crippen LogP contribution in [0.1, 0.15) is 24.5 Å². The van der Waals surface area contributed by atoms with Gasteiger partial charge in [0.2, 0.25) is 0 Å². The Hall–Kier alpha value is -0.890. The Morgan fingerprint density at radius 1 is 1.33 bits per heavy atom. The van der Waals surface area contributed by atoms with E-state index in [1.807, 2.05) is 19.1 Å². The van der Waals surface area contributed by atoms with Gasteiger partial charge in [-0.1, -0.05) is 19.1 Å². The molecule has 0 bridgehead atoms. The SMILES string of the molecule is CCN(C)CCCc1ccc(F)c(C)c1. The fraction of sp³-hybridized carbons (Fsp3) is 0.538. The van der Waals surface area contributed by atoms with E-state index >= 15 is 0 Å². The molecule has 0 N–H and O–H groups in total. The monoisotopic (exact) mass is 209 g/mol. The second-order valence-corrected chi connectivity index (χ2v) is 4.08. The number of hydrogen-bond acceptors (Lipinski definition) is 1. The van der Waals surface area contributed by atoms with Crippen LogP contribution in [0.3, 0.4) is 0 Å². The van der Waals surface area contributed by atoms with Crippen LogP contribution < -0.4 is 0 Å². The Kier molecular flexibility index (Phi) is 4.76. The molecule has 0 aliphatic rings. The third-order valence-electron chi connectivity index (χ3n) is 2.77. The number of hydrogen-bond donors (Lipinski definition) is 0. The van der Waals surface area contributed by atoms with Crippen molar-refractivity contribution in [3.63, 3.8) is 0 Å². The maximum atomic E-state index is 13.0. The highest BCUT2D eigenvalue weighted by molar-refractivity contribution is 5.23. The molecule has 0 saturated heterocycles. The molecule has 0 spiro atoms. The van der Waals surface area contributed by atoms with Crippen LogP contribution in [0.25, 0.3) is 0 Å². The van der Waals surface area contributed by atoms with Gasteiger partial charge in [0.25, 0.3) is 0 Å². The van der Waals surface area contributed by atoms with Crippen LogP contribution in [0.15, 0.2) is 18.2 Å².